The smallest absolute Gasteiger partial charge is 0.331 e. The summed E-state index contributed by atoms with van der Waals surface area (Å²) in [5.41, 5.74) is 2.17. The molecule has 0 saturated heterocycles. The molecule has 0 spiro atoms. The highest BCUT2D eigenvalue weighted by atomic mass is 16.5. The largest absolute Gasteiger partial charge is 0.450 e. The van der Waals surface area contributed by atoms with Crippen LogP contribution >= 0.6 is 0 Å². The summed E-state index contributed by atoms with van der Waals surface area (Å²) in [6.07, 6.45) is 5.52. The van der Waals surface area contributed by atoms with Gasteiger partial charge in [-0.1, -0.05) is 25.5 Å². The Bertz CT molecular complexity index is 446. The van der Waals surface area contributed by atoms with Gasteiger partial charge in [-0.15, -0.1) is 0 Å². The van der Waals surface area contributed by atoms with E-state index in [1.807, 2.05) is 40.7 Å². The van der Waals surface area contributed by atoms with Crippen molar-refractivity contribution in [2.75, 3.05) is 0 Å². The molecule has 0 unspecified atom stereocenters. The third-order valence-electron chi connectivity index (χ3n) is 2.89. The third kappa shape index (κ3) is 3.42. The van der Waals surface area contributed by atoms with Gasteiger partial charge in [0.25, 0.3) is 0 Å². The predicted octanol–water partition coefficient (Wildman–Crippen LogP) is 2.98. The molecule has 3 heteroatoms. The summed E-state index contributed by atoms with van der Waals surface area (Å²) in [5.74, 6) is -0.381. The molecule has 0 heterocycles. The van der Waals surface area contributed by atoms with Crippen LogP contribution in [-0.4, -0.2) is 18.4 Å². The molecule has 1 aliphatic carbocycles. The molecular weight excluding hydrogens is 228 g/mol. The molecule has 98 valence electrons. The highest BCUT2D eigenvalue weighted by molar-refractivity contribution is 5.83. The lowest BCUT2D eigenvalue weighted by molar-refractivity contribution is -0.139. The molecule has 3 nitrogen and oxygen atoms in total. The number of esters is 1. The van der Waals surface area contributed by atoms with Gasteiger partial charge in [0, 0.05) is 17.1 Å². The van der Waals surface area contributed by atoms with Crippen molar-refractivity contribution < 1.29 is 14.3 Å². The summed E-state index contributed by atoms with van der Waals surface area (Å²) in [6, 6.07) is 0. The molecule has 0 fully saturated rings. The fourth-order valence-electron chi connectivity index (χ4n) is 1.96. The average molecular weight is 248 g/mol. The molecule has 0 amide bonds. The van der Waals surface area contributed by atoms with Crippen LogP contribution in [0.2, 0.25) is 0 Å². The van der Waals surface area contributed by atoms with Gasteiger partial charge in [-0.25, -0.2) is 4.79 Å². The first-order chi connectivity index (χ1) is 8.26. The first-order valence-corrected chi connectivity index (χ1v) is 5.98. The number of ether oxygens (including phenoxy) is 1. The number of carbonyl (C=O) groups is 2. The molecule has 0 radical (unpaired) electrons. The average Bonchev–Trinajstić information content (AvgIpc) is 2.20. The number of carbonyl (C=O) groups excluding carboxylic acids is 2. The Hall–Kier alpha value is -1.64. The lowest BCUT2D eigenvalue weighted by Crippen LogP contribution is -2.26. The second-order valence-electron chi connectivity index (χ2n) is 5.43. The molecule has 1 aliphatic rings. The lowest BCUT2D eigenvalue weighted by atomic mass is 9.78. The van der Waals surface area contributed by atoms with E-state index in [4.69, 9.17) is 4.74 Å². The maximum Gasteiger partial charge on any atom is 0.331 e. The van der Waals surface area contributed by atoms with Gasteiger partial charge in [0.1, 0.15) is 12.4 Å². The van der Waals surface area contributed by atoms with Crippen LogP contribution in [0, 0.1) is 5.41 Å². The van der Waals surface area contributed by atoms with Crippen LogP contribution in [0.15, 0.2) is 34.9 Å². The van der Waals surface area contributed by atoms with Crippen LogP contribution in [0.5, 0.6) is 0 Å². The van der Waals surface area contributed by atoms with Gasteiger partial charge >= 0.3 is 5.97 Å². The van der Waals surface area contributed by atoms with E-state index in [0.717, 1.165) is 17.4 Å². The minimum atomic E-state index is -0.443. The van der Waals surface area contributed by atoms with Gasteiger partial charge < -0.3 is 4.74 Å². The van der Waals surface area contributed by atoms with Crippen molar-refractivity contribution in [2.24, 2.45) is 5.41 Å². The maximum absolute atomic E-state index is 11.6. The fourth-order valence-corrected chi connectivity index (χ4v) is 1.96. The van der Waals surface area contributed by atoms with E-state index in [0.29, 0.717) is 5.57 Å². The van der Waals surface area contributed by atoms with Gasteiger partial charge in [0.2, 0.25) is 0 Å². The summed E-state index contributed by atoms with van der Waals surface area (Å²) in [5, 5.41) is 0. The monoisotopic (exact) mass is 248 g/mol. The van der Waals surface area contributed by atoms with Gasteiger partial charge in [0.15, 0.2) is 0 Å². The van der Waals surface area contributed by atoms with E-state index in [1.165, 1.54) is 6.08 Å². The van der Waals surface area contributed by atoms with Crippen LogP contribution in [-0.2, 0) is 14.3 Å². The minimum Gasteiger partial charge on any atom is -0.450 e. The normalized spacial score (nSPS) is 21.5. The molecule has 0 aromatic rings. The summed E-state index contributed by atoms with van der Waals surface area (Å²) < 4.78 is 5.32. The lowest BCUT2D eigenvalue weighted by Gasteiger charge is -2.29. The predicted molar refractivity (Wildman–Crippen MR) is 71.0 cm³/mol. The maximum atomic E-state index is 11.6. The Balaban J connectivity index is 2.92. The second kappa shape index (κ2) is 5.34. The van der Waals surface area contributed by atoms with E-state index in [2.05, 4.69) is 0 Å². The number of rotatable bonds is 3. The van der Waals surface area contributed by atoms with Crippen LogP contribution in [0.4, 0.5) is 0 Å². The van der Waals surface area contributed by atoms with Crippen LogP contribution in [0.25, 0.3) is 0 Å². The summed E-state index contributed by atoms with van der Waals surface area (Å²) >= 11 is 0. The van der Waals surface area contributed by atoms with Crippen LogP contribution in [0.3, 0.4) is 0 Å². The Labute approximate surface area is 108 Å². The Morgan fingerprint density at radius 2 is 2.00 bits per heavy atom. The van der Waals surface area contributed by atoms with Crippen molar-refractivity contribution in [2.45, 2.75) is 40.7 Å². The minimum absolute atomic E-state index is 0.300. The zero-order valence-corrected chi connectivity index (χ0v) is 11.6. The molecule has 1 rings (SSSR count). The molecule has 0 bridgehead atoms. The van der Waals surface area contributed by atoms with Gasteiger partial charge in [-0.2, -0.15) is 0 Å². The number of hydrogen-bond acceptors (Lipinski definition) is 3. The van der Waals surface area contributed by atoms with E-state index >= 15 is 0 Å². The Morgan fingerprint density at radius 3 is 2.50 bits per heavy atom. The third-order valence-corrected chi connectivity index (χ3v) is 2.89. The molecule has 18 heavy (non-hydrogen) atoms. The summed E-state index contributed by atoms with van der Waals surface area (Å²) in [7, 11) is 0. The van der Waals surface area contributed by atoms with E-state index in [1.54, 1.807) is 6.08 Å². The Morgan fingerprint density at radius 1 is 1.39 bits per heavy atom. The molecule has 0 saturated carbocycles. The molecule has 0 aliphatic heterocycles. The molecule has 1 atom stereocenters. The Kier molecular flexibility index (Phi) is 4.28. The zero-order valence-electron chi connectivity index (χ0n) is 11.6. The first kappa shape index (κ1) is 14.4. The summed E-state index contributed by atoms with van der Waals surface area (Å²) in [6.45, 7) is 9.50. The second-order valence-corrected chi connectivity index (χ2v) is 5.43. The van der Waals surface area contributed by atoms with E-state index < -0.39 is 6.10 Å². The van der Waals surface area contributed by atoms with Crippen molar-refractivity contribution >= 4 is 12.3 Å². The van der Waals surface area contributed by atoms with Gasteiger partial charge in [0.05, 0.1) is 0 Å². The molecular formula is C15H20O3. The van der Waals surface area contributed by atoms with Gasteiger partial charge in [-0.05, 0) is 32.4 Å². The molecule has 0 aromatic heterocycles. The van der Waals surface area contributed by atoms with Crippen molar-refractivity contribution in [3.8, 4) is 0 Å². The highest BCUT2D eigenvalue weighted by Crippen LogP contribution is 2.34. The topological polar surface area (TPSA) is 43.4 Å². The van der Waals surface area contributed by atoms with Crippen LogP contribution in [0.1, 0.15) is 34.6 Å². The van der Waals surface area contributed by atoms with Crippen molar-refractivity contribution in [3.05, 3.63) is 34.9 Å². The van der Waals surface area contributed by atoms with Gasteiger partial charge in [-0.3, -0.25) is 4.79 Å². The van der Waals surface area contributed by atoms with Crippen molar-refractivity contribution in [1.29, 1.82) is 0 Å². The molecule has 0 N–H and O–H groups in total. The quantitative estimate of drug-likeness (QED) is 0.334. The number of aldehydes is 1. The summed E-state index contributed by atoms with van der Waals surface area (Å²) in [4.78, 5) is 22.6. The van der Waals surface area contributed by atoms with Crippen LogP contribution < -0.4 is 0 Å². The van der Waals surface area contributed by atoms with Crippen molar-refractivity contribution in [3.63, 3.8) is 0 Å². The highest BCUT2D eigenvalue weighted by Gasteiger charge is 2.29. The van der Waals surface area contributed by atoms with E-state index in [-0.39, 0.29) is 11.4 Å². The first-order valence-electron chi connectivity index (χ1n) is 5.98. The zero-order chi connectivity index (χ0) is 13.9. The number of allylic oxidation sites excluding steroid dienone is 3. The van der Waals surface area contributed by atoms with E-state index in [9.17, 15) is 9.59 Å². The fraction of sp³-hybridized carbons (Fsp3) is 0.467. The van der Waals surface area contributed by atoms with Crippen molar-refractivity contribution in [1.82, 2.24) is 0 Å². The molecule has 0 aromatic carbocycles. The SMILES string of the molecule is CC(C)=CC(=O)O[C@H]1C=C(C=O)C(C)(C)C=C1C. The standard InChI is InChI=1S/C15H20O3/c1-10(2)6-14(17)18-13-7-12(9-16)15(4,5)8-11(13)3/h6-9,13H,1-5H3/t13-/m0/s1. The number of hydrogen-bond donors (Lipinski definition) is 0.